The van der Waals surface area contributed by atoms with Crippen molar-refractivity contribution >= 4 is 23.4 Å². The van der Waals surface area contributed by atoms with Crippen LogP contribution in [0.25, 0.3) is 0 Å². The van der Waals surface area contributed by atoms with Gasteiger partial charge in [0.15, 0.2) is 0 Å². The van der Waals surface area contributed by atoms with Crippen molar-refractivity contribution in [1.82, 2.24) is 0 Å². The highest BCUT2D eigenvalue weighted by Crippen LogP contribution is 2.31. The van der Waals surface area contributed by atoms with Crippen molar-refractivity contribution in [3.8, 4) is 0 Å². The van der Waals surface area contributed by atoms with E-state index in [1.165, 1.54) is 31.2 Å². The first kappa shape index (κ1) is 16.4. The summed E-state index contributed by atoms with van der Waals surface area (Å²) < 4.78 is 0. The van der Waals surface area contributed by atoms with Gasteiger partial charge in [0.2, 0.25) is 5.91 Å². The summed E-state index contributed by atoms with van der Waals surface area (Å²) in [6.45, 7) is 3.91. The maximum absolute atomic E-state index is 12.0. The van der Waals surface area contributed by atoms with Gasteiger partial charge >= 0.3 is 0 Å². The smallest absolute Gasteiger partial charge is 0.241 e. The van der Waals surface area contributed by atoms with E-state index in [-0.39, 0.29) is 11.8 Å². The van der Waals surface area contributed by atoms with Crippen LogP contribution in [-0.4, -0.2) is 17.2 Å². The summed E-state index contributed by atoms with van der Waals surface area (Å²) in [4.78, 5) is 12.0. The number of carbonyl (C=O) groups is 1. The zero-order valence-electron chi connectivity index (χ0n) is 13.0. The molecule has 1 aliphatic rings. The highest BCUT2D eigenvalue weighted by molar-refractivity contribution is 7.99. The molecule has 116 valence electrons. The monoisotopic (exact) mass is 306 g/mol. The molecule has 3 nitrogen and oxygen atoms in total. The zero-order valence-corrected chi connectivity index (χ0v) is 13.8. The fourth-order valence-corrected chi connectivity index (χ4v) is 3.81. The van der Waals surface area contributed by atoms with Gasteiger partial charge in [-0.25, -0.2) is 0 Å². The van der Waals surface area contributed by atoms with Crippen molar-refractivity contribution in [3.63, 3.8) is 0 Å². The molecule has 1 fully saturated rings. The first-order valence-corrected chi connectivity index (χ1v) is 8.88. The fourth-order valence-electron chi connectivity index (χ4n) is 2.54. The Morgan fingerprint density at radius 1 is 1.38 bits per heavy atom. The Bertz CT molecular complexity index is 470. The number of carbonyl (C=O) groups excluding carboxylic acids is 1. The van der Waals surface area contributed by atoms with Crippen molar-refractivity contribution < 1.29 is 4.79 Å². The van der Waals surface area contributed by atoms with E-state index in [1.807, 2.05) is 37.7 Å². The maximum atomic E-state index is 12.0. The van der Waals surface area contributed by atoms with Crippen molar-refractivity contribution in [2.24, 2.45) is 11.7 Å². The van der Waals surface area contributed by atoms with E-state index in [2.05, 4.69) is 17.4 Å². The van der Waals surface area contributed by atoms with Gasteiger partial charge in [-0.15, -0.1) is 0 Å². The Morgan fingerprint density at radius 3 is 2.76 bits per heavy atom. The molecule has 0 unspecified atom stereocenters. The van der Waals surface area contributed by atoms with E-state index in [0.29, 0.717) is 0 Å². The van der Waals surface area contributed by atoms with E-state index in [9.17, 15) is 4.79 Å². The van der Waals surface area contributed by atoms with E-state index in [4.69, 9.17) is 5.73 Å². The lowest BCUT2D eigenvalue weighted by Crippen LogP contribution is -2.39. The lowest BCUT2D eigenvalue weighted by molar-refractivity contribution is -0.118. The van der Waals surface area contributed by atoms with Crippen molar-refractivity contribution in [1.29, 1.82) is 0 Å². The predicted molar refractivity (Wildman–Crippen MR) is 91.4 cm³/mol. The fraction of sp³-hybridized carbons (Fsp3) is 0.588. The number of rotatable bonds is 6. The molecule has 0 aliphatic heterocycles. The van der Waals surface area contributed by atoms with E-state index >= 15 is 0 Å². The molecule has 1 aromatic carbocycles. The molecular weight excluding hydrogens is 280 g/mol. The highest BCUT2D eigenvalue weighted by atomic mass is 32.2. The van der Waals surface area contributed by atoms with Crippen molar-refractivity contribution in [3.05, 3.63) is 29.8 Å². The summed E-state index contributed by atoms with van der Waals surface area (Å²) in [6.07, 6.45) is 5.45. The summed E-state index contributed by atoms with van der Waals surface area (Å²) in [5.41, 5.74) is 7.99. The van der Waals surface area contributed by atoms with Crippen LogP contribution in [0, 0.1) is 5.92 Å². The molecule has 4 heteroatoms. The van der Waals surface area contributed by atoms with Crippen LogP contribution in [0.3, 0.4) is 0 Å². The standard InChI is InChI=1S/C17H26N2OS/c1-12(2)16(18)17(20)19-14-7-5-6-13(10-14)11-21-15-8-3-4-9-15/h5-7,10,12,15-16H,3-4,8-9,11,18H2,1-2H3,(H,19,20)/t16-/m0/s1. The number of amides is 1. The van der Waals surface area contributed by atoms with Gasteiger partial charge in [0.25, 0.3) is 0 Å². The van der Waals surface area contributed by atoms with Crippen LogP contribution in [0.4, 0.5) is 5.69 Å². The normalized spacial score (nSPS) is 17.1. The molecule has 0 radical (unpaired) electrons. The van der Waals surface area contributed by atoms with Gasteiger partial charge in [-0.1, -0.05) is 38.8 Å². The van der Waals surface area contributed by atoms with Crippen LogP contribution >= 0.6 is 11.8 Å². The Hall–Kier alpha value is -1.00. The SMILES string of the molecule is CC(C)[C@H](N)C(=O)Nc1cccc(CSC2CCCC2)c1. The van der Waals surface area contributed by atoms with Crippen LogP contribution in [0.5, 0.6) is 0 Å². The topological polar surface area (TPSA) is 55.1 Å². The first-order chi connectivity index (χ1) is 10.1. The predicted octanol–water partition coefficient (Wildman–Crippen LogP) is 3.78. The van der Waals surface area contributed by atoms with Gasteiger partial charge in [-0.2, -0.15) is 11.8 Å². The quantitative estimate of drug-likeness (QED) is 0.841. The number of anilines is 1. The molecule has 1 aromatic rings. The van der Waals surface area contributed by atoms with E-state index in [0.717, 1.165) is 16.7 Å². The molecule has 0 spiro atoms. The Morgan fingerprint density at radius 2 is 2.10 bits per heavy atom. The van der Waals surface area contributed by atoms with Crippen LogP contribution in [0.2, 0.25) is 0 Å². The third kappa shape index (κ3) is 5.04. The van der Waals surface area contributed by atoms with Crippen molar-refractivity contribution in [2.75, 3.05) is 5.32 Å². The van der Waals surface area contributed by atoms with Gasteiger partial charge in [0.1, 0.15) is 0 Å². The summed E-state index contributed by atoms with van der Waals surface area (Å²) in [6, 6.07) is 7.66. The highest BCUT2D eigenvalue weighted by Gasteiger charge is 2.18. The minimum absolute atomic E-state index is 0.106. The molecule has 1 amide bonds. The second-order valence-electron chi connectivity index (χ2n) is 6.18. The lowest BCUT2D eigenvalue weighted by Gasteiger charge is -2.16. The average molecular weight is 306 g/mol. The van der Waals surface area contributed by atoms with Crippen LogP contribution in [0.1, 0.15) is 45.1 Å². The number of hydrogen-bond acceptors (Lipinski definition) is 3. The molecular formula is C17H26N2OS. The minimum Gasteiger partial charge on any atom is -0.325 e. The van der Waals surface area contributed by atoms with Crippen molar-refractivity contribution in [2.45, 2.75) is 56.6 Å². The van der Waals surface area contributed by atoms with E-state index < -0.39 is 6.04 Å². The second-order valence-corrected chi connectivity index (χ2v) is 7.47. The molecule has 0 saturated heterocycles. The first-order valence-electron chi connectivity index (χ1n) is 7.83. The third-order valence-corrected chi connectivity index (χ3v) is 5.45. The summed E-state index contributed by atoms with van der Waals surface area (Å²) in [5.74, 6) is 1.06. The number of benzene rings is 1. The molecule has 0 aromatic heterocycles. The molecule has 21 heavy (non-hydrogen) atoms. The van der Waals surface area contributed by atoms with Crippen LogP contribution in [-0.2, 0) is 10.5 Å². The molecule has 0 heterocycles. The van der Waals surface area contributed by atoms with Gasteiger partial charge in [0, 0.05) is 16.7 Å². The van der Waals surface area contributed by atoms with Crippen LogP contribution < -0.4 is 11.1 Å². The molecule has 1 saturated carbocycles. The number of nitrogens with two attached hydrogens (primary N) is 1. The molecule has 1 atom stereocenters. The Kier molecular flexibility index (Phi) is 6.12. The lowest BCUT2D eigenvalue weighted by atomic mass is 10.0. The summed E-state index contributed by atoms with van der Waals surface area (Å²) in [5, 5.41) is 3.74. The minimum atomic E-state index is -0.457. The number of nitrogens with one attached hydrogen (secondary N) is 1. The molecule has 2 rings (SSSR count). The summed E-state index contributed by atoms with van der Waals surface area (Å²) in [7, 11) is 0. The number of thioether (sulfide) groups is 1. The van der Waals surface area contributed by atoms with Gasteiger partial charge in [-0.3, -0.25) is 4.79 Å². The van der Waals surface area contributed by atoms with Gasteiger partial charge in [0.05, 0.1) is 6.04 Å². The molecule has 3 N–H and O–H groups in total. The Balaban J connectivity index is 1.89. The largest absolute Gasteiger partial charge is 0.325 e. The number of hydrogen-bond donors (Lipinski definition) is 2. The third-order valence-electron chi connectivity index (χ3n) is 4.00. The second kappa shape index (κ2) is 7.85. The van der Waals surface area contributed by atoms with E-state index in [1.54, 1.807) is 0 Å². The molecule has 0 bridgehead atoms. The Labute approximate surface area is 132 Å². The zero-order chi connectivity index (χ0) is 15.2. The van der Waals surface area contributed by atoms with Gasteiger partial charge < -0.3 is 11.1 Å². The molecule has 1 aliphatic carbocycles. The maximum Gasteiger partial charge on any atom is 0.241 e. The van der Waals surface area contributed by atoms with Crippen LogP contribution in [0.15, 0.2) is 24.3 Å². The summed E-state index contributed by atoms with van der Waals surface area (Å²) >= 11 is 2.04. The van der Waals surface area contributed by atoms with Gasteiger partial charge in [-0.05, 0) is 36.5 Å². The average Bonchev–Trinajstić information content (AvgIpc) is 2.98.